The molecular formula is C18H19NO4. The molecule has 1 amide bonds. The van der Waals surface area contributed by atoms with Gasteiger partial charge in [0.1, 0.15) is 5.75 Å². The standard InChI is InChI=1S/C18H19NO4/c1-4-22-18(21)19-14-8-6-9-15(11-14)23-17(20)16-10-5-7-12(2)13(16)3/h5-11H,4H2,1-3H3,(H,19,21). The van der Waals surface area contributed by atoms with E-state index < -0.39 is 12.1 Å². The third-order valence-corrected chi connectivity index (χ3v) is 3.39. The highest BCUT2D eigenvalue weighted by atomic mass is 16.5. The van der Waals surface area contributed by atoms with E-state index in [1.54, 1.807) is 37.3 Å². The molecule has 2 aromatic carbocycles. The first-order valence-corrected chi connectivity index (χ1v) is 7.33. The highest BCUT2D eigenvalue weighted by molar-refractivity contribution is 5.93. The number of carbonyl (C=O) groups is 2. The Hall–Kier alpha value is -2.82. The minimum absolute atomic E-state index is 0.285. The van der Waals surface area contributed by atoms with E-state index in [1.165, 1.54) is 0 Å². The molecule has 5 heteroatoms. The van der Waals surface area contributed by atoms with Gasteiger partial charge in [0.25, 0.3) is 0 Å². The summed E-state index contributed by atoms with van der Waals surface area (Å²) < 4.78 is 10.2. The van der Waals surface area contributed by atoms with Gasteiger partial charge in [-0.15, -0.1) is 0 Å². The number of esters is 1. The zero-order valence-electron chi connectivity index (χ0n) is 13.4. The van der Waals surface area contributed by atoms with Crippen LogP contribution in [0, 0.1) is 13.8 Å². The third kappa shape index (κ3) is 4.32. The summed E-state index contributed by atoms with van der Waals surface area (Å²) in [6, 6.07) is 12.1. The summed E-state index contributed by atoms with van der Waals surface area (Å²) in [5, 5.41) is 2.56. The lowest BCUT2D eigenvalue weighted by molar-refractivity contribution is 0.0734. The molecule has 5 nitrogen and oxygen atoms in total. The number of nitrogens with one attached hydrogen (secondary N) is 1. The zero-order chi connectivity index (χ0) is 16.8. The maximum absolute atomic E-state index is 12.3. The summed E-state index contributed by atoms with van der Waals surface area (Å²) >= 11 is 0. The van der Waals surface area contributed by atoms with E-state index in [9.17, 15) is 9.59 Å². The summed E-state index contributed by atoms with van der Waals surface area (Å²) in [7, 11) is 0. The molecule has 23 heavy (non-hydrogen) atoms. The van der Waals surface area contributed by atoms with Crippen LogP contribution in [-0.2, 0) is 4.74 Å². The van der Waals surface area contributed by atoms with Crippen LogP contribution in [0.15, 0.2) is 42.5 Å². The van der Waals surface area contributed by atoms with Crippen molar-refractivity contribution < 1.29 is 19.1 Å². The lowest BCUT2D eigenvalue weighted by Crippen LogP contribution is -2.14. The van der Waals surface area contributed by atoms with Crippen LogP contribution in [-0.4, -0.2) is 18.7 Å². The quantitative estimate of drug-likeness (QED) is 0.682. The van der Waals surface area contributed by atoms with E-state index in [1.807, 2.05) is 26.0 Å². The summed E-state index contributed by atoms with van der Waals surface area (Å²) in [5.74, 6) is -0.0790. The van der Waals surface area contributed by atoms with Crippen LogP contribution in [0.1, 0.15) is 28.4 Å². The van der Waals surface area contributed by atoms with Crippen molar-refractivity contribution in [3.63, 3.8) is 0 Å². The molecule has 120 valence electrons. The molecule has 0 heterocycles. The Morgan fingerprint density at radius 2 is 1.83 bits per heavy atom. The Kier molecular flexibility index (Phi) is 5.36. The molecule has 0 aliphatic carbocycles. The van der Waals surface area contributed by atoms with Gasteiger partial charge < -0.3 is 9.47 Å². The molecular weight excluding hydrogens is 294 g/mol. The molecule has 2 rings (SSSR count). The predicted molar refractivity (Wildman–Crippen MR) is 88.0 cm³/mol. The number of benzene rings is 2. The zero-order valence-corrected chi connectivity index (χ0v) is 13.4. The van der Waals surface area contributed by atoms with Crippen molar-refractivity contribution in [1.82, 2.24) is 0 Å². The van der Waals surface area contributed by atoms with Crippen molar-refractivity contribution in [2.45, 2.75) is 20.8 Å². The minimum atomic E-state index is -0.550. The van der Waals surface area contributed by atoms with Gasteiger partial charge in [0.2, 0.25) is 0 Å². The van der Waals surface area contributed by atoms with Crippen LogP contribution in [0.25, 0.3) is 0 Å². The van der Waals surface area contributed by atoms with Crippen LogP contribution in [0.3, 0.4) is 0 Å². The van der Waals surface area contributed by atoms with Gasteiger partial charge in [-0.25, -0.2) is 9.59 Å². The third-order valence-electron chi connectivity index (χ3n) is 3.39. The van der Waals surface area contributed by atoms with Crippen molar-refractivity contribution in [3.8, 4) is 5.75 Å². The van der Waals surface area contributed by atoms with Crippen LogP contribution in [0.4, 0.5) is 10.5 Å². The lowest BCUT2D eigenvalue weighted by Gasteiger charge is -2.10. The van der Waals surface area contributed by atoms with Gasteiger partial charge in [-0.1, -0.05) is 18.2 Å². The van der Waals surface area contributed by atoms with Crippen LogP contribution in [0.5, 0.6) is 5.75 Å². The number of rotatable bonds is 4. The summed E-state index contributed by atoms with van der Waals surface area (Å²) in [6.07, 6.45) is -0.550. The maximum atomic E-state index is 12.3. The molecule has 0 radical (unpaired) electrons. The van der Waals surface area contributed by atoms with E-state index in [4.69, 9.17) is 9.47 Å². The first kappa shape index (κ1) is 16.5. The minimum Gasteiger partial charge on any atom is -0.450 e. The van der Waals surface area contributed by atoms with E-state index in [-0.39, 0.29) is 6.61 Å². The van der Waals surface area contributed by atoms with E-state index in [0.29, 0.717) is 17.0 Å². The number of amides is 1. The van der Waals surface area contributed by atoms with Gasteiger partial charge >= 0.3 is 12.1 Å². The molecule has 0 unspecified atom stereocenters. The number of carbonyl (C=O) groups excluding carboxylic acids is 2. The van der Waals surface area contributed by atoms with Crippen LogP contribution >= 0.6 is 0 Å². The molecule has 0 aliphatic heterocycles. The molecule has 0 atom stereocenters. The van der Waals surface area contributed by atoms with E-state index >= 15 is 0 Å². The Morgan fingerprint density at radius 3 is 2.57 bits per heavy atom. The second-order valence-electron chi connectivity index (χ2n) is 5.01. The Balaban J connectivity index is 2.12. The lowest BCUT2D eigenvalue weighted by atomic mass is 10.0. The fourth-order valence-corrected chi connectivity index (χ4v) is 2.06. The van der Waals surface area contributed by atoms with Crippen LogP contribution in [0.2, 0.25) is 0 Å². The van der Waals surface area contributed by atoms with Gasteiger partial charge in [0, 0.05) is 11.8 Å². The molecule has 0 aliphatic rings. The van der Waals surface area contributed by atoms with E-state index in [2.05, 4.69) is 5.32 Å². The second-order valence-corrected chi connectivity index (χ2v) is 5.01. The average Bonchev–Trinajstić information content (AvgIpc) is 2.50. The largest absolute Gasteiger partial charge is 0.450 e. The van der Waals surface area contributed by atoms with Crippen molar-refractivity contribution in [2.24, 2.45) is 0 Å². The topological polar surface area (TPSA) is 64.6 Å². The molecule has 0 bridgehead atoms. The Bertz CT molecular complexity index is 725. The highest BCUT2D eigenvalue weighted by Crippen LogP contribution is 2.20. The number of ether oxygens (including phenoxy) is 2. The fourth-order valence-electron chi connectivity index (χ4n) is 2.06. The molecule has 0 saturated carbocycles. The summed E-state index contributed by atoms with van der Waals surface area (Å²) in [4.78, 5) is 23.7. The normalized spacial score (nSPS) is 10.0. The first-order valence-electron chi connectivity index (χ1n) is 7.33. The summed E-state index contributed by atoms with van der Waals surface area (Å²) in [5.41, 5.74) is 2.93. The molecule has 0 spiro atoms. The van der Waals surface area contributed by atoms with Crippen LogP contribution < -0.4 is 10.1 Å². The average molecular weight is 313 g/mol. The molecule has 0 fully saturated rings. The van der Waals surface area contributed by atoms with Crippen molar-refractivity contribution in [3.05, 3.63) is 59.2 Å². The highest BCUT2D eigenvalue weighted by Gasteiger charge is 2.13. The van der Waals surface area contributed by atoms with Gasteiger partial charge in [0.15, 0.2) is 0 Å². The number of hydrogen-bond donors (Lipinski definition) is 1. The molecule has 0 aromatic heterocycles. The molecule has 1 N–H and O–H groups in total. The molecule has 2 aromatic rings. The molecule has 0 saturated heterocycles. The second kappa shape index (κ2) is 7.45. The van der Waals surface area contributed by atoms with Gasteiger partial charge in [-0.2, -0.15) is 0 Å². The Labute approximate surface area is 135 Å². The van der Waals surface area contributed by atoms with Gasteiger partial charge in [0.05, 0.1) is 12.2 Å². The van der Waals surface area contributed by atoms with Gasteiger partial charge in [-0.3, -0.25) is 5.32 Å². The Morgan fingerprint density at radius 1 is 1.09 bits per heavy atom. The first-order chi connectivity index (χ1) is 11.0. The summed E-state index contributed by atoms with van der Waals surface area (Å²) in [6.45, 7) is 5.83. The van der Waals surface area contributed by atoms with Crippen molar-refractivity contribution in [1.29, 1.82) is 0 Å². The van der Waals surface area contributed by atoms with E-state index in [0.717, 1.165) is 11.1 Å². The van der Waals surface area contributed by atoms with Crippen molar-refractivity contribution >= 4 is 17.7 Å². The SMILES string of the molecule is CCOC(=O)Nc1cccc(OC(=O)c2cccc(C)c2C)c1. The smallest absolute Gasteiger partial charge is 0.411 e. The van der Waals surface area contributed by atoms with Crippen molar-refractivity contribution in [2.75, 3.05) is 11.9 Å². The number of anilines is 1. The fraction of sp³-hybridized carbons (Fsp3) is 0.222. The maximum Gasteiger partial charge on any atom is 0.411 e. The monoisotopic (exact) mass is 313 g/mol. The van der Waals surface area contributed by atoms with Gasteiger partial charge in [-0.05, 0) is 50.1 Å². The number of hydrogen-bond acceptors (Lipinski definition) is 4. The number of aryl methyl sites for hydroxylation is 1. The predicted octanol–water partition coefficient (Wildman–Crippen LogP) is 4.09.